The van der Waals surface area contributed by atoms with Crippen molar-refractivity contribution in [3.63, 3.8) is 0 Å². The number of hydrogen-bond donors (Lipinski definition) is 1. The van der Waals surface area contributed by atoms with E-state index < -0.39 is 17.4 Å². The molecule has 0 amide bonds. The Kier molecular flexibility index (Phi) is 8.19. The summed E-state index contributed by atoms with van der Waals surface area (Å²) in [6.45, 7) is 11.7. The molecule has 0 saturated carbocycles. The van der Waals surface area contributed by atoms with Crippen LogP contribution >= 0.6 is 0 Å². The monoisotopic (exact) mass is 306 g/mol. The molecule has 0 atom stereocenters. The number of benzene rings is 2. The van der Waals surface area contributed by atoms with Gasteiger partial charge >= 0.3 is 0 Å². The van der Waals surface area contributed by atoms with E-state index in [-0.39, 0.29) is 16.9 Å². The quantitative estimate of drug-likeness (QED) is 0.642. The van der Waals surface area contributed by atoms with E-state index in [1.165, 1.54) is 12.1 Å². The van der Waals surface area contributed by atoms with Gasteiger partial charge in [-0.2, -0.15) is 0 Å². The van der Waals surface area contributed by atoms with Gasteiger partial charge in [-0.1, -0.05) is 47.5 Å². The molecule has 3 heteroatoms. The lowest BCUT2D eigenvalue weighted by Gasteiger charge is -2.14. The highest BCUT2D eigenvalue weighted by Crippen LogP contribution is 2.35. The van der Waals surface area contributed by atoms with Gasteiger partial charge in [0, 0.05) is 10.8 Å². The highest BCUT2D eigenvalue weighted by Gasteiger charge is 2.18. The zero-order valence-corrected chi connectivity index (χ0v) is 14.1. The Morgan fingerprint density at radius 1 is 1.09 bits per heavy atom. The molecule has 0 radical (unpaired) electrons. The Bertz CT molecular complexity index is 667. The fraction of sp³-hybridized carbons (Fsp3) is 0.368. The topological polar surface area (TPSA) is 20.2 Å². The van der Waals surface area contributed by atoms with Gasteiger partial charge in [0.2, 0.25) is 0 Å². The highest BCUT2D eigenvalue weighted by atomic mass is 19.1. The molecule has 0 heterocycles. The lowest BCUT2D eigenvalue weighted by molar-refractivity contribution is 0.435. The number of aromatic hydroxyl groups is 1. The summed E-state index contributed by atoms with van der Waals surface area (Å²) < 4.78 is 27.5. The van der Waals surface area contributed by atoms with Crippen LogP contribution in [0.5, 0.6) is 5.75 Å². The number of halogens is 2. The standard InChI is InChI=1S/C15H12F2O.2C2H6/c1-4-9-12(16)6-5-10-14(9)11(8(2)3)7-13(18)15(10)17;2*1-2/h1,5-8,18H,2-3H3;2*1-2H3. The maximum Gasteiger partial charge on any atom is 0.172 e. The molecule has 0 aromatic heterocycles. The van der Waals surface area contributed by atoms with Gasteiger partial charge < -0.3 is 5.11 Å². The molecule has 0 bridgehead atoms. The summed E-state index contributed by atoms with van der Waals surface area (Å²) in [5, 5.41) is 10.1. The Morgan fingerprint density at radius 2 is 1.64 bits per heavy atom. The second-order valence-electron chi connectivity index (χ2n) is 4.44. The molecule has 0 unspecified atom stereocenters. The summed E-state index contributed by atoms with van der Waals surface area (Å²) in [7, 11) is 0. The fourth-order valence-electron chi connectivity index (χ4n) is 2.08. The molecular weight excluding hydrogens is 282 g/mol. The van der Waals surface area contributed by atoms with Crippen LogP contribution < -0.4 is 0 Å². The third kappa shape index (κ3) is 3.76. The molecule has 2 aromatic rings. The fourth-order valence-corrected chi connectivity index (χ4v) is 2.08. The van der Waals surface area contributed by atoms with Crippen LogP contribution in [-0.4, -0.2) is 5.11 Å². The molecule has 120 valence electrons. The van der Waals surface area contributed by atoms with Gasteiger partial charge in [0.15, 0.2) is 11.6 Å². The van der Waals surface area contributed by atoms with Crippen molar-refractivity contribution in [1.29, 1.82) is 0 Å². The Labute approximate surface area is 132 Å². The van der Waals surface area contributed by atoms with E-state index >= 15 is 0 Å². The van der Waals surface area contributed by atoms with E-state index in [9.17, 15) is 13.9 Å². The zero-order chi connectivity index (χ0) is 17.4. The predicted molar refractivity (Wildman–Crippen MR) is 90.2 cm³/mol. The first-order valence-corrected chi connectivity index (χ1v) is 7.57. The first-order chi connectivity index (χ1) is 10.5. The number of terminal acetylenes is 1. The van der Waals surface area contributed by atoms with Gasteiger partial charge in [-0.15, -0.1) is 6.42 Å². The highest BCUT2D eigenvalue weighted by molar-refractivity contribution is 5.93. The van der Waals surface area contributed by atoms with Crippen LogP contribution in [0.25, 0.3) is 10.8 Å². The molecule has 2 rings (SSSR count). The van der Waals surface area contributed by atoms with Gasteiger partial charge in [0.1, 0.15) is 5.82 Å². The third-order valence-electron chi connectivity index (χ3n) is 2.96. The van der Waals surface area contributed by atoms with Crippen molar-refractivity contribution < 1.29 is 13.9 Å². The number of phenols is 1. The van der Waals surface area contributed by atoms with E-state index in [4.69, 9.17) is 6.42 Å². The minimum atomic E-state index is -0.772. The van der Waals surface area contributed by atoms with Crippen LogP contribution in [-0.2, 0) is 0 Å². The van der Waals surface area contributed by atoms with E-state index in [1.807, 2.05) is 41.5 Å². The van der Waals surface area contributed by atoms with E-state index in [0.29, 0.717) is 10.9 Å². The normalized spacial score (nSPS) is 9.45. The van der Waals surface area contributed by atoms with E-state index in [1.54, 1.807) is 0 Å². The minimum Gasteiger partial charge on any atom is -0.505 e. The maximum absolute atomic E-state index is 13.8. The van der Waals surface area contributed by atoms with Gasteiger partial charge in [-0.05, 0) is 29.7 Å². The molecule has 0 saturated heterocycles. The largest absolute Gasteiger partial charge is 0.505 e. The van der Waals surface area contributed by atoms with Crippen molar-refractivity contribution in [2.24, 2.45) is 0 Å². The molecular formula is C19H24F2O. The van der Waals surface area contributed by atoms with Crippen molar-refractivity contribution in [3.05, 3.63) is 41.0 Å². The van der Waals surface area contributed by atoms with Crippen LogP contribution in [0.3, 0.4) is 0 Å². The Balaban J connectivity index is 0.00000102. The first-order valence-electron chi connectivity index (χ1n) is 7.57. The lowest BCUT2D eigenvalue weighted by Crippen LogP contribution is -1.97. The second kappa shape index (κ2) is 9.04. The summed E-state index contributed by atoms with van der Waals surface area (Å²) in [6, 6.07) is 3.72. The van der Waals surface area contributed by atoms with Crippen molar-refractivity contribution >= 4 is 10.8 Å². The van der Waals surface area contributed by atoms with Crippen LogP contribution in [0.2, 0.25) is 0 Å². The molecule has 0 aliphatic carbocycles. The number of phenolic OH excluding ortho intramolecular Hbond substituents is 1. The first kappa shape index (κ1) is 19.9. The minimum absolute atomic E-state index is 0.00657. The average molecular weight is 306 g/mol. The van der Waals surface area contributed by atoms with Gasteiger partial charge in [-0.3, -0.25) is 0 Å². The molecule has 0 spiro atoms. The summed E-state index contributed by atoms with van der Waals surface area (Å²) >= 11 is 0. The van der Waals surface area contributed by atoms with E-state index in [2.05, 4.69) is 5.92 Å². The van der Waals surface area contributed by atoms with Crippen LogP contribution in [0, 0.1) is 24.0 Å². The summed E-state index contributed by atoms with van der Waals surface area (Å²) in [4.78, 5) is 0. The van der Waals surface area contributed by atoms with Gasteiger partial charge in [-0.25, -0.2) is 8.78 Å². The smallest absolute Gasteiger partial charge is 0.172 e. The molecule has 0 fully saturated rings. The van der Waals surface area contributed by atoms with Crippen molar-refractivity contribution in [1.82, 2.24) is 0 Å². The lowest BCUT2D eigenvalue weighted by atomic mass is 9.92. The molecule has 2 aromatic carbocycles. The van der Waals surface area contributed by atoms with Crippen molar-refractivity contribution in [2.75, 3.05) is 0 Å². The Morgan fingerprint density at radius 3 is 2.09 bits per heavy atom. The predicted octanol–water partition coefficient (Wildman–Crippen LogP) is 5.98. The number of rotatable bonds is 1. The van der Waals surface area contributed by atoms with Gasteiger partial charge in [0.05, 0.1) is 5.56 Å². The van der Waals surface area contributed by atoms with Crippen LogP contribution in [0.4, 0.5) is 8.78 Å². The zero-order valence-electron chi connectivity index (χ0n) is 14.1. The Hall–Kier alpha value is -2.08. The maximum atomic E-state index is 13.8. The van der Waals surface area contributed by atoms with Gasteiger partial charge in [0.25, 0.3) is 0 Å². The molecule has 0 aliphatic rings. The van der Waals surface area contributed by atoms with Crippen molar-refractivity contribution in [2.45, 2.75) is 47.5 Å². The average Bonchev–Trinajstić information content (AvgIpc) is 2.54. The summed E-state index contributed by atoms with van der Waals surface area (Å²) in [5.41, 5.74) is 0.673. The molecule has 1 N–H and O–H groups in total. The third-order valence-corrected chi connectivity index (χ3v) is 2.96. The molecule has 1 nitrogen and oxygen atoms in total. The van der Waals surface area contributed by atoms with E-state index in [0.717, 1.165) is 6.07 Å². The van der Waals surface area contributed by atoms with Crippen LogP contribution in [0.15, 0.2) is 18.2 Å². The SMILES string of the molecule is C#Cc1c(F)ccc2c(F)c(O)cc(C(C)C)c12.CC.CC. The molecule has 22 heavy (non-hydrogen) atoms. The number of hydrogen-bond acceptors (Lipinski definition) is 1. The molecule has 0 aliphatic heterocycles. The number of fused-ring (bicyclic) bond motifs is 1. The van der Waals surface area contributed by atoms with Crippen molar-refractivity contribution in [3.8, 4) is 18.1 Å². The second-order valence-corrected chi connectivity index (χ2v) is 4.44. The summed E-state index contributed by atoms with van der Waals surface area (Å²) in [5.74, 6) is 0.476. The van der Waals surface area contributed by atoms with Crippen LogP contribution in [0.1, 0.15) is 58.6 Å². The summed E-state index contributed by atoms with van der Waals surface area (Å²) in [6.07, 6.45) is 5.30.